The van der Waals surface area contributed by atoms with Crippen molar-refractivity contribution in [1.29, 1.82) is 0 Å². The number of methoxy groups -OCH3 is 1. The van der Waals surface area contributed by atoms with Crippen LogP contribution >= 0.6 is 0 Å². The Morgan fingerprint density at radius 1 is 0.920 bits per heavy atom. The average molecular weight is 340 g/mol. The van der Waals surface area contributed by atoms with Gasteiger partial charge in [0.05, 0.1) is 13.7 Å². The summed E-state index contributed by atoms with van der Waals surface area (Å²) < 4.78 is 5.16. The standard InChI is InChI=1S/C23H33NO/c1-19(2)8-6-9-20(3)10-7-11-21(4)16-17-24-18-22-12-14-23(25-5)15-13-22/h8,10,12-17H,6-7,9,11,18H2,1-5H3/b20-10+,21-16+,24-17?. The van der Waals surface area contributed by atoms with Crippen LogP contribution in [0.3, 0.4) is 0 Å². The van der Waals surface area contributed by atoms with Gasteiger partial charge in [-0.1, -0.05) is 41.0 Å². The van der Waals surface area contributed by atoms with Crippen LogP contribution in [0.2, 0.25) is 0 Å². The SMILES string of the molecule is COc1ccc(CN=C/C=C(\C)CC/C=C(\C)CCC=C(C)C)cc1. The molecule has 0 N–H and O–H groups in total. The van der Waals surface area contributed by atoms with E-state index in [1.165, 1.54) is 22.3 Å². The second-order valence-corrected chi connectivity index (χ2v) is 6.76. The molecule has 1 aromatic rings. The number of benzene rings is 1. The molecule has 0 aliphatic heterocycles. The van der Waals surface area contributed by atoms with Crippen LogP contribution in [0.25, 0.3) is 0 Å². The maximum atomic E-state index is 5.16. The van der Waals surface area contributed by atoms with Gasteiger partial charge in [0.25, 0.3) is 0 Å². The summed E-state index contributed by atoms with van der Waals surface area (Å²) in [6.45, 7) is 9.42. The summed E-state index contributed by atoms with van der Waals surface area (Å²) >= 11 is 0. The van der Waals surface area contributed by atoms with E-state index in [4.69, 9.17) is 4.74 Å². The summed E-state index contributed by atoms with van der Waals surface area (Å²) in [6, 6.07) is 8.04. The van der Waals surface area contributed by atoms with Crippen molar-refractivity contribution in [2.45, 2.75) is 59.9 Å². The molecule has 0 unspecified atom stereocenters. The van der Waals surface area contributed by atoms with Crippen molar-refractivity contribution in [3.8, 4) is 5.75 Å². The maximum Gasteiger partial charge on any atom is 0.118 e. The zero-order chi connectivity index (χ0) is 18.5. The number of allylic oxidation sites excluding steroid dienone is 6. The van der Waals surface area contributed by atoms with Gasteiger partial charge in [0.1, 0.15) is 5.75 Å². The van der Waals surface area contributed by atoms with Crippen molar-refractivity contribution in [3.05, 3.63) is 64.8 Å². The molecule has 0 fully saturated rings. The van der Waals surface area contributed by atoms with E-state index in [1.807, 2.05) is 18.3 Å². The first-order valence-electron chi connectivity index (χ1n) is 9.08. The molecule has 25 heavy (non-hydrogen) atoms. The van der Waals surface area contributed by atoms with E-state index in [0.717, 1.165) is 31.4 Å². The Labute approximate surface area is 154 Å². The molecular formula is C23H33NO. The minimum atomic E-state index is 0.706. The van der Waals surface area contributed by atoms with Gasteiger partial charge in [0, 0.05) is 6.21 Å². The minimum absolute atomic E-state index is 0.706. The van der Waals surface area contributed by atoms with Crippen molar-refractivity contribution >= 4 is 6.21 Å². The first-order valence-corrected chi connectivity index (χ1v) is 9.08. The van der Waals surface area contributed by atoms with E-state index in [0.29, 0.717) is 6.54 Å². The van der Waals surface area contributed by atoms with E-state index in [2.05, 4.69) is 63.0 Å². The Bertz CT molecular complexity index is 614. The molecule has 0 bridgehead atoms. The van der Waals surface area contributed by atoms with Crippen LogP contribution in [0, 0.1) is 0 Å². The third-order valence-electron chi connectivity index (χ3n) is 4.02. The summed E-state index contributed by atoms with van der Waals surface area (Å²) in [7, 11) is 1.68. The molecule has 2 nitrogen and oxygen atoms in total. The van der Waals surface area contributed by atoms with Gasteiger partial charge in [0.2, 0.25) is 0 Å². The lowest BCUT2D eigenvalue weighted by Gasteiger charge is -2.01. The van der Waals surface area contributed by atoms with Crippen molar-refractivity contribution in [2.75, 3.05) is 7.11 Å². The third-order valence-corrected chi connectivity index (χ3v) is 4.02. The van der Waals surface area contributed by atoms with Crippen LogP contribution in [-0.4, -0.2) is 13.3 Å². The van der Waals surface area contributed by atoms with Gasteiger partial charge in [-0.2, -0.15) is 0 Å². The molecule has 0 radical (unpaired) electrons. The van der Waals surface area contributed by atoms with E-state index >= 15 is 0 Å². The predicted molar refractivity (Wildman–Crippen MR) is 111 cm³/mol. The van der Waals surface area contributed by atoms with Crippen molar-refractivity contribution in [2.24, 2.45) is 4.99 Å². The van der Waals surface area contributed by atoms with Crippen LogP contribution < -0.4 is 4.74 Å². The van der Waals surface area contributed by atoms with E-state index in [-0.39, 0.29) is 0 Å². The van der Waals surface area contributed by atoms with Gasteiger partial charge >= 0.3 is 0 Å². The second-order valence-electron chi connectivity index (χ2n) is 6.76. The van der Waals surface area contributed by atoms with Crippen LogP contribution in [0.4, 0.5) is 0 Å². The molecule has 0 saturated heterocycles. The Kier molecular flexibility index (Phi) is 10.3. The van der Waals surface area contributed by atoms with Crippen molar-refractivity contribution in [3.63, 3.8) is 0 Å². The van der Waals surface area contributed by atoms with Crippen LogP contribution in [0.1, 0.15) is 58.9 Å². The number of hydrogen-bond acceptors (Lipinski definition) is 2. The lowest BCUT2D eigenvalue weighted by Crippen LogP contribution is -1.85. The third kappa shape index (κ3) is 10.4. The molecule has 136 valence electrons. The average Bonchev–Trinajstić information content (AvgIpc) is 2.59. The number of ether oxygens (including phenoxy) is 1. The summed E-state index contributed by atoms with van der Waals surface area (Å²) in [4.78, 5) is 4.47. The molecular weight excluding hydrogens is 306 g/mol. The van der Waals surface area contributed by atoms with Gasteiger partial charge in [-0.25, -0.2) is 0 Å². The predicted octanol–water partition coefficient (Wildman–Crippen LogP) is 6.69. The first-order chi connectivity index (χ1) is 12.0. The summed E-state index contributed by atoms with van der Waals surface area (Å²) in [5.74, 6) is 0.882. The molecule has 0 saturated carbocycles. The van der Waals surface area contributed by atoms with Gasteiger partial charge in [0.15, 0.2) is 0 Å². The summed E-state index contributed by atoms with van der Waals surface area (Å²) in [5, 5.41) is 0. The van der Waals surface area contributed by atoms with Gasteiger partial charge < -0.3 is 4.74 Å². The fourth-order valence-corrected chi connectivity index (χ4v) is 2.39. The highest BCUT2D eigenvalue weighted by Gasteiger charge is 1.93. The molecule has 1 rings (SSSR count). The fourth-order valence-electron chi connectivity index (χ4n) is 2.39. The zero-order valence-electron chi connectivity index (χ0n) is 16.5. The Hall–Kier alpha value is -2.09. The highest BCUT2D eigenvalue weighted by molar-refractivity contribution is 5.72. The van der Waals surface area contributed by atoms with Crippen LogP contribution in [0.15, 0.2) is 64.2 Å². The molecule has 0 amide bonds. The van der Waals surface area contributed by atoms with E-state index in [1.54, 1.807) is 7.11 Å². The second kappa shape index (κ2) is 12.3. The number of rotatable bonds is 10. The van der Waals surface area contributed by atoms with Crippen molar-refractivity contribution < 1.29 is 4.74 Å². The van der Waals surface area contributed by atoms with Gasteiger partial charge in [-0.15, -0.1) is 0 Å². The molecule has 0 aliphatic carbocycles. The molecule has 0 aromatic heterocycles. The van der Waals surface area contributed by atoms with Crippen molar-refractivity contribution in [1.82, 2.24) is 0 Å². The molecule has 2 heteroatoms. The maximum absolute atomic E-state index is 5.16. The fraction of sp³-hybridized carbons (Fsp3) is 0.435. The minimum Gasteiger partial charge on any atom is -0.497 e. The Morgan fingerprint density at radius 3 is 2.20 bits per heavy atom. The largest absolute Gasteiger partial charge is 0.497 e. The topological polar surface area (TPSA) is 21.6 Å². The lowest BCUT2D eigenvalue weighted by molar-refractivity contribution is 0.414. The zero-order valence-corrected chi connectivity index (χ0v) is 16.5. The lowest BCUT2D eigenvalue weighted by atomic mass is 10.1. The van der Waals surface area contributed by atoms with Crippen LogP contribution in [-0.2, 0) is 6.54 Å². The molecule has 0 heterocycles. The van der Waals surface area contributed by atoms with E-state index in [9.17, 15) is 0 Å². The van der Waals surface area contributed by atoms with Gasteiger partial charge in [-0.05, 0) is 77.2 Å². The molecule has 0 aliphatic rings. The number of aliphatic imine (C=N–C) groups is 1. The normalized spacial score (nSPS) is 12.5. The monoisotopic (exact) mass is 339 g/mol. The molecule has 0 spiro atoms. The Balaban J connectivity index is 2.31. The Morgan fingerprint density at radius 2 is 1.56 bits per heavy atom. The molecule has 1 aromatic carbocycles. The number of nitrogens with zero attached hydrogens (tertiary/aromatic N) is 1. The first kappa shape index (κ1) is 21.0. The number of hydrogen-bond donors (Lipinski definition) is 0. The highest BCUT2D eigenvalue weighted by Crippen LogP contribution is 2.12. The summed E-state index contributed by atoms with van der Waals surface area (Å²) in [5.41, 5.74) is 5.45. The van der Waals surface area contributed by atoms with E-state index < -0.39 is 0 Å². The van der Waals surface area contributed by atoms with Gasteiger partial charge in [-0.3, -0.25) is 4.99 Å². The highest BCUT2D eigenvalue weighted by atomic mass is 16.5. The smallest absolute Gasteiger partial charge is 0.118 e. The summed E-state index contributed by atoms with van der Waals surface area (Å²) in [6.07, 6.45) is 13.2. The van der Waals surface area contributed by atoms with Crippen LogP contribution in [0.5, 0.6) is 5.75 Å². The quantitative estimate of drug-likeness (QED) is 0.344. The molecule has 0 atom stereocenters.